The van der Waals surface area contributed by atoms with Gasteiger partial charge >= 0.3 is 0 Å². The molecule has 4 rings (SSSR count). The minimum atomic E-state index is -4.09. The number of ether oxygens (including phenoxy) is 1. The van der Waals surface area contributed by atoms with E-state index in [1.165, 1.54) is 24.3 Å². The first-order chi connectivity index (χ1) is 13.3. The Morgan fingerprint density at radius 1 is 1.18 bits per heavy atom. The third-order valence-electron chi connectivity index (χ3n) is 5.84. The maximum absolute atomic E-state index is 15.0. The lowest BCUT2D eigenvalue weighted by atomic mass is 9.79. The van der Waals surface area contributed by atoms with Crippen molar-refractivity contribution in [3.05, 3.63) is 58.6 Å². The van der Waals surface area contributed by atoms with Crippen molar-refractivity contribution in [2.24, 2.45) is 0 Å². The molecule has 8 heteroatoms. The Morgan fingerprint density at radius 3 is 2.54 bits per heavy atom. The molecular weight excluding hydrogens is 408 g/mol. The molecule has 3 atom stereocenters. The van der Waals surface area contributed by atoms with Crippen LogP contribution >= 0.6 is 11.6 Å². The molecule has 0 saturated carbocycles. The van der Waals surface area contributed by atoms with Gasteiger partial charge < -0.3 is 10.1 Å². The summed E-state index contributed by atoms with van der Waals surface area (Å²) in [6.07, 6.45) is 1.49. The Kier molecular flexibility index (Phi) is 4.88. The average molecular weight is 428 g/mol. The van der Waals surface area contributed by atoms with Crippen LogP contribution in [0.1, 0.15) is 31.7 Å². The summed E-state index contributed by atoms with van der Waals surface area (Å²) < 4.78 is 61.0. The first kappa shape index (κ1) is 19.6. The molecule has 2 aromatic rings. The Labute approximate surface area is 167 Å². The zero-order valence-electron chi connectivity index (χ0n) is 15.2. The topological polar surface area (TPSA) is 55.4 Å². The predicted molar refractivity (Wildman–Crippen MR) is 102 cm³/mol. The lowest BCUT2D eigenvalue weighted by Gasteiger charge is -2.49. The summed E-state index contributed by atoms with van der Waals surface area (Å²) in [6, 6.07) is 7.08. The van der Waals surface area contributed by atoms with Gasteiger partial charge in [-0.1, -0.05) is 18.5 Å². The number of piperidine rings is 1. The van der Waals surface area contributed by atoms with E-state index < -0.39 is 32.3 Å². The van der Waals surface area contributed by atoms with Gasteiger partial charge in [-0.05, 0) is 55.7 Å². The molecule has 0 unspecified atom stereocenters. The second kappa shape index (κ2) is 6.97. The monoisotopic (exact) mass is 427 g/mol. The maximum atomic E-state index is 15.0. The number of sulfone groups is 1. The molecular formula is C20H20ClF2NO3S. The van der Waals surface area contributed by atoms with Crippen LogP contribution in [-0.2, 0) is 14.6 Å². The van der Waals surface area contributed by atoms with Gasteiger partial charge in [0.15, 0.2) is 21.4 Å². The normalized spacial score (nSPS) is 26.9. The van der Waals surface area contributed by atoms with Gasteiger partial charge in [-0.25, -0.2) is 17.2 Å². The SMILES string of the molecule is CC[C@@H]1CC[C@]2(S(=O)(=O)c3ccc(Cl)cc3)c3c(F)ccc(F)c3OC[C@@H]2N1. The highest BCUT2D eigenvalue weighted by molar-refractivity contribution is 7.92. The van der Waals surface area contributed by atoms with Crippen molar-refractivity contribution in [3.8, 4) is 5.75 Å². The van der Waals surface area contributed by atoms with Crippen LogP contribution in [-0.4, -0.2) is 27.1 Å². The van der Waals surface area contributed by atoms with E-state index in [1.54, 1.807) is 0 Å². The lowest BCUT2D eigenvalue weighted by Crippen LogP contribution is -2.64. The maximum Gasteiger partial charge on any atom is 0.190 e. The van der Waals surface area contributed by atoms with E-state index in [1.807, 2.05) is 6.92 Å². The molecule has 0 spiro atoms. The van der Waals surface area contributed by atoms with E-state index in [4.69, 9.17) is 16.3 Å². The van der Waals surface area contributed by atoms with E-state index in [9.17, 15) is 17.2 Å². The average Bonchev–Trinajstić information content (AvgIpc) is 2.69. The number of rotatable bonds is 3. The van der Waals surface area contributed by atoms with Crippen LogP contribution < -0.4 is 10.1 Å². The Hall–Kier alpha value is -1.70. The van der Waals surface area contributed by atoms with Crippen molar-refractivity contribution >= 4 is 21.4 Å². The second-order valence-electron chi connectivity index (χ2n) is 7.25. The standard InChI is InChI=1S/C20H20ClF2NO3S/c1-2-13-9-10-20(28(25,26)14-5-3-12(21)4-6-14)17(24-13)11-27-19-16(23)8-7-15(22)18(19)20/h3-8,13,17,24H,2,9-11H2,1H3/t13-,17+,20-/m1/s1. The summed E-state index contributed by atoms with van der Waals surface area (Å²) in [5, 5.41) is 3.70. The molecule has 0 radical (unpaired) electrons. The predicted octanol–water partition coefficient (Wildman–Crippen LogP) is 4.21. The molecule has 2 heterocycles. The Balaban J connectivity index is 1.99. The van der Waals surface area contributed by atoms with E-state index in [0.29, 0.717) is 11.4 Å². The van der Waals surface area contributed by atoms with Crippen LogP contribution in [0.25, 0.3) is 0 Å². The van der Waals surface area contributed by atoms with Crippen LogP contribution in [0.3, 0.4) is 0 Å². The van der Waals surface area contributed by atoms with Gasteiger partial charge in [-0.2, -0.15) is 0 Å². The summed E-state index contributed by atoms with van der Waals surface area (Å²) in [5.41, 5.74) is -0.222. The van der Waals surface area contributed by atoms with E-state index >= 15 is 0 Å². The van der Waals surface area contributed by atoms with Gasteiger partial charge in [0.05, 0.1) is 16.5 Å². The largest absolute Gasteiger partial charge is 0.488 e. The highest BCUT2D eigenvalue weighted by Crippen LogP contribution is 2.52. The third kappa shape index (κ3) is 2.75. The number of benzene rings is 2. The second-order valence-corrected chi connectivity index (χ2v) is 9.90. The van der Waals surface area contributed by atoms with Gasteiger partial charge in [0.1, 0.15) is 17.2 Å². The fraction of sp³-hybridized carbons (Fsp3) is 0.400. The Bertz CT molecular complexity index is 1010. The summed E-state index contributed by atoms with van der Waals surface area (Å²) in [7, 11) is -4.09. The molecule has 2 aliphatic rings. The number of halogens is 3. The van der Waals surface area contributed by atoms with Gasteiger partial charge in [-0.15, -0.1) is 0 Å². The zero-order chi connectivity index (χ0) is 20.1. The smallest absolute Gasteiger partial charge is 0.190 e. The van der Waals surface area contributed by atoms with E-state index in [0.717, 1.165) is 18.6 Å². The number of hydrogen-bond acceptors (Lipinski definition) is 4. The van der Waals surface area contributed by atoms with Gasteiger partial charge in [0.2, 0.25) is 0 Å². The molecule has 0 bridgehead atoms. The molecule has 0 aromatic heterocycles. The van der Waals surface area contributed by atoms with Gasteiger partial charge in [0, 0.05) is 11.1 Å². The minimum absolute atomic E-state index is 0.0233. The molecule has 1 fully saturated rings. The van der Waals surface area contributed by atoms with Gasteiger partial charge in [0.25, 0.3) is 0 Å². The van der Waals surface area contributed by atoms with Crippen LogP contribution in [0.5, 0.6) is 5.75 Å². The van der Waals surface area contributed by atoms with Crippen molar-refractivity contribution in [2.45, 2.75) is 47.9 Å². The summed E-state index contributed by atoms with van der Waals surface area (Å²) in [4.78, 5) is 0.0233. The fourth-order valence-corrected chi connectivity index (χ4v) is 6.78. The van der Waals surface area contributed by atoms with Gasteiger partial charge in [-0.3, -0.25) is 0 Å². The molecule has 4 nitrogen and oxygen atoms in total. The number of nitrogens with one attached hydrogen (secondary N) is 1. The molecule has 1 saturated heterocycles. The van der Waals surface area contributed by atoms with Crippen molar-refractivity contribution in [3.63, 3.8) is 0 Å². The molecule has 2 aliphatic heterocycles. The molecule has 1 N–H and O–H groups in total. The highest BCUT2D eigenvalue weighted by atomic mass is 35.5. The summed E-state index contributed by atoms with van der Waals surface area (Å²) >= 11 is 5.91. The minimum Gasteiger partial charge on any atom is -0.488 e. The molecule has 28 heavy (non-hydrogen) atoms. The summed E-state index contributed by atoms with van der Waals surface area (Å²) in [6.45, 7) is 1.94. The van der Waals surface area contributed by atoms with Crippen LogP contribution in [0, 0.1) is 11.6 Å². The van der Waals surface area contributed by atoms with E-state index in [-0.39, 0.29) is 35.3 Å². The molecule has 0 amide bonds. The molecule has 2 aromatic carbocycles. The number of fused-ring (bicyclic) bond motifs is 3. The van der Waals surface area contributed by atoms with E-state index in [2.05, 4.69) is 5.32 Å². The zero-order valence-corrected chi connectivity index (χ0v) is 16.8. The Morgan fingerprint density at radius 2 is 1.86 bits per heavy atom. The van der Waals surface area contributed by atoms with Crippen molar-refractivity contribution in [1.29, 1.82) is 0 Å². The van der Waals surface area contributed by atoms with Crippen LogP contribution in [0.2, 0.25) is 5.02 Å². The lowest BCUT2D eigenvalue weighted by molar-refractivity contribution is 0.135. The number of hydrogen-bond donors (Lipinski definition) is 1. The van der Waals surface area contributed by atoms with Crippen LogP contribution in [0.4, 0.5) is 8.78 Å². The highest BCUT2D eigenvalue weighted by Gasteiger charge is 2.59. The first-order valence-corrected chi connectivity index (χ1v) is 11.0. The first-order valence-electron chi connectivity index (χ1n) is 9.18. The van der Waals surface area contributed by atoms with Crippen molar-refractivity contribution in [1.82, 2.24) is 5.32 Å². The van der Waals surface area contributed by atoms with Crippen LogP contribution in [0.15, 0.2) is 41.3 Å². The fourth-order valence-electron chi connectivity index (χ4n) is 4.38. The molecule has 0 aliphatic carbocycles. The molecule has 150 valence electrons. The quantitative estimate of drug-likeness (QED) is 0.797. The van der Waals surface area contributed by atoms with Crippen molar-refractivity contribution in [2.75, 3.05) is 6.61 Å². The summed E-state index contributed by atoms with van der Waals surface area (Å²) in [5.74, 6) is -1.86. The third-order valence-corrected chi connectivity index (χ3v) is 8.63. The van der Waals surface area contributed by atoms with Crippen molar-refractivity contribution < 1.29 is 21.9 Å².